The highest BCUT2D eigenvalue weighted by Crippen LogP contribution is 2.44. The van der Waals surface area contributed by atoms with Crippen LogP contribution in [0.5, 0.6) is 0 Å². The normalized spacial score (nSPS) is 22.6. The van der Waals surface area contributed by atoms with Gasteiger partial charge in [-0.25, -0.2) is 0 Å². The lowest BCUT2D eigenvalue weighted by Crippen LogP contribution is -2.45. The van der Waals surface area contributed by atoms with E-state index in [1.54, 1.807) is 46.7 Å². The van der Waals surface area contributed by atoms with E-state index in [1.165, 1.54) is 0 Å². The quantitative estimate of drug-likeness (QED) is 0.147. The van der Waals surface area contributed by atoms with Gasteiger partial charge in [0.2, 0.25) is 11.9 Å². The largest absolute Gasteiger partial charge is 0.335 e. The van der Waals surface area contributed by atoms with Crippen molar-refractivity contribution >= 4 is 102 Å². The maximum Gasteiger partial charge on any atom is 0.266 e. The van der Waals surface area contributed by atoms with Gasteiger partial charge in [0.1, 0.15) is 21.1 Å². The Kier molecular flexibility index (Phi) is 10.1. The average Bonchev–Trinajstić information content (AvgIpc) is 4.16. The van der Waals surface area contributed by atoms with Gasteiger partial charge in [0.25, 0.3) is 11.1 Å². The molecule has 18 nitrogen and oxygen atoms in total. The summed E-state index contributed by atoms with van der Waals surface area (Å²) in [5.41, 5.74) is 10.4. The molecule has 4 aliphatic rings. The zero-order valence-corrected chi connectivity index (χ0v) is 39.4. The molecule has 10 heterocycles. The molecule has 0 spiro atoms. The average molecular weight is 961 g/mol. The summed E-state index contributed by atoms with van der Waals surface area (Å²) in [5, 5.41) is 30.9. The van der Waals surface area contributed by atoms with Crippen molar-refractivity contribution in [1.29, 1.82) is 0 Å². The standard InChI is InChI=1S/C23H26Cl2N8O.C20H20Cl2N8O/c1-10(2)26-14-9-11-5-8-15(14)33(11)23-27-21-17(22(34)31(23)3)19(28-29-21)12-6-7-13-16(18(12)24)20(25)32(4)30-13;1-28-19(31)14-16(9-4-5-11-13(15(9)21)17(22)29(2)27-11)25-26-18(14)24-20(28)30-8-3-6-12(30)10(23)7-8/h6-7,10-11,14-15,26H,5,8-9H2,1-4H3,(H,28,29);4-5,8,10,12H,3,6-7,23H2,1-2H3,(H,25,26)/t11-,14+,15+;8-,10+,12+/m00/s1. The fourth-order valence-electron chi connectivity index (χ4n) is 11.0. The number of fused-ring (bicyclic) bond motifs is 8. The van der Waals surface area contributed by atoms with Crippen LogP contribution in [0.25, 0.3) is 66.4 Å². The molecule has 4 aliphatic heterocycles. The molecule has 2 aromatic carbocycles. The van der Waals surface area contributed by atoms with Crippen molar-refractivity contribution in [3.63, 3.8) is 0 Å². The van der Waals surface area contributed by atoms with E-state index in [9.17, 15) is 9.59 Å². The Balaban J connectivity index is 0.000000145. The lowest BCUT2D eigenvalue weighted by molar-refractivity contribution is 0.389. The fraction of sp³-hybridized carbons (Fsp3) is 0.442. The van der Waals surface area contributed by atoms with E-state index in [0.717, 1.165) is 38.5 Å². The first-order valence-electron chi connectivity index (χ1n) is 21.7. The lowest BCUT2D eigenvalue weighted by Gasteiger charge is -2.28. The van der Waals surface area contributed by atoms with Gasteiger partial charge < -0.3 is 20.9 Å². The number of nitrogens with two attached hydrogens (primary N) is 1. The molecular weight excluding hydrogens is 914 g/mol. The van der Waals surface area contributed by atoms with E-state index < -0.39 is 0 Å². The number of nitrogens with zero attached hydrogens (tertiary/aromatic N) is 12. The third kappa shape index (κ3) is 6.34. The van der Waals surface area contributed by atoms with Crippen LogP contribution in [0.1, 0.15) is 52.4 Å². The number of halogens is 4. The van der Waals surface area contributed by atoms with Crippen molar-refractivity contribution in [3.8, 4) is 22.5 Å². The second-order valence-corrected chi connectivity index (χ2v) is 19.6. The van der Waals surface area contributed by atoms with Crippen LogP contribution in [0, 0.1) is 0 Å². The summed E-state index contributed by atoms with van der Waals surface area (Å²) in [6.45, 7) is 4.34. The lowest BCUT2D eigenvalue weighted by atomic mass is 9.95. The summed E-state index contributed by atoms with van der Waals surface area (Å²) in [5.74, 6) is 1.29. The van der Waals surface area contributed by atoms with E-state index >= 15 is 0 Å². The number of rotatable bonds is 6. The number of anilines is 2. The van der Waals surface area contributed by atoms with Crippen LogP contribution in [-0.2, 0) is 28.2 Å². The Labute approximate surface area is 390 Å². The van der Waals surface area contributed by atoms with Crippen molar-refractivity contribution in [1.82, 2.24) is 64.4 Å². The number of hydrogen-bond donors (Lipinski definition) is 4. The Hall–Kier alpha value is -5.24. The highest BCUT2D eigenvalue weighted by atomic mass is 35.5. The minimum atomic E-state index is -0.183. The number of aromatic amines is 2. The van der Waals surface area contributed by atoms with Crippen molar-refractivity contribution in [3.05, 3.63) is 65.3 Å². The summed E-state index contributed by atoms with van der Waals surface area (Å²) < 4.78 is 6.38. The summed E-state index contributed by atoms with van der Waals surface area (Å²) in [4.78, 5) is 41.2. The Bertz CT molecular complexity index is 3380. The Morgan fingerprint density at radius 3 is 1.57 bits per heavy atom. The Morgan fingerprint density at radius 2 is 1.12 bits per heavy atom. The molecule has 0 unspecified atom stereocenters. The molecule has 22 heteroatoms. The van der Waals surface area contributed by atoms with Gasteiger partial charge in [-0.05, 0) is 62.8 Å². The van der Waals surface area contributed by atoms with Gasteiger partial charge in [-0.1, -0.05) is 60.3 Å². The van der Waals surface area contributed by atoms with Gasteiger partial charge in [-0.15, -0.1) is 0 Å². The number of aryl methyl sites for hydroxylation is 2. The molecule has 0 amide bonds. The number of benzene rings is 2. The van der Waals surface area contributed by atoms with Gasteiger partial charge in [-0.2, -0.15) is 30.4 Å². The van der Waals surface area contributed by atoms with Crippen LogP contribution in [0.2, 0.25) is 20.4 Å². The molecule has 8 aromatic rings. The van der Waals surface area contributed by atoms with Crippen LogP contribution >= 0.6 is 46.4 Å². The molecule has 338 valence electrons. The van der Waals surface area contributed by atoms with Gasteiger partial charge in [0, 0.05) is 81.6 Å². The summed E-state index contributed by atoms with van der Waals surface area (Å²) in [7, 11) is 7.04. The van der Waals surface area contributed by atoms with Crippen molar-refractivity contribution in [2.24, 2.45) is 33.9 Å². The third-order valence-corrected chi connectivity index (χ3v) is 15.6. The molecule has 4 bridgehead atoms. The number of aromatic nitrogens is 12. The molecule has 6 aromatic heterocycles. The first-order valence-corrected chi connectivity index (χ1v) is 23.2. The number of hydrogen-bond acceptors (Lipinski definition) is 12. The zero-order valence-electron chi connectivity index (χ0n) is 36.4. The first-order chi connectivity index (χ1) is 31.1. The number of nitrogens with one attached hydrogen (secondary N) is 3. The topological polar surface area (TPSA) is 207 Å². The van der Waals surface area contributed by atoms with Crippen LogP contribution in [0.15, 0.2) is 33.9 Å². The first kappa shape index (κ1) is 42.4. The van der Waals surface area contributed by atoms with Crippen molar-refractivity contribution < 1.29 is 0 Å². The van der Waals surface area contributed by atoms with Gasteiger partial charge in [0.15, 0.2) is 11.3 Å². The zero-order chi connectivity index (χ0) is 45.5. The maximum absolute atomic E-state index is 13.6. The van der Waals surface area contributed by atoms with Crippen molar-refractivity contribution in [2.75, 3.05) is 9.80 Å². The molecule has 5 N–H and O–H groups in total. The molecule has 65 heavy (non-hydrogen) atoms. The van der Waals surface area contributed by atoms with E-state index in [0.29, 0.717) is 129 Å². The highest BCUT2D eigenvalue weighted by Gasteiger charge is 2.48. The SMILES string of the molecule is CC(C)N[C@@H]1C[C@@H]2CC[C@H]1N2c1nc2n[nH]c(-c3ccc4nn(C)c(Cl)c4c3Cl)c2c(=O)n1C.Cn1nc2ccc(-c3[nH]nc4nc(N5[C@H]6CC[C@@H]5[C@H](N)C6)n(C)c(=O)c34)c(Cl)c2c1Cl. The number of H-pyrrole nitrogens is 2. The summed E-state index contributed by atoms with van der Waals surface area (Å²) in [6.07, 6.45) is 6.28. The predicted octanol–water partition coefficient (Wildman–Crippen LogP) is 6.21. The maximum atomic E-state index is 13.6. The van der Waals surface area contributed by atoms with E-state index in [2.05, 4.69) is 59.6 Å². The van der Waals surface area contributed by atoms with E-state index in [-0.39, 0.29) is 23.2 Å². The van der Waals surface area contributed by atoms with E-state index in [4.69, 9.17) is 62.1 Å². The molecule has 0 radical (unpaired) electrons. The third-order valence-electron chi connectivity index (χ3n) is 13.9. The second kappa shape index (κ2) is 15.4. The molecule has 4 saturated heterocycles. The van der Waals surface area contributed by atoms with Gasteiger partial charge >= 0.3 is 0 Å². The Morgan fingerprint density at radius 1 is 0.662 bits per heavy atom. The van der Waals surface area contributed by atoms with Crippen LogP contribution in [0.3, 0.4) is 0 Å². The predicted molar refractivity (Wildman–Crippen MR) is 256 cm³/mol. The van der Waals surface area contributed by atoms with Gasteiger partial charge in [0.05, 0.1) is 43.2 Å². The summed E-state index contributed by atoms with van der Waals surface area (Å²) >= 11 is 26.3. The van der Waals surface area contributed by atoms with Crippen LogP contribution in [0.4, 0.5) is 11.9 Å². The van der Waals surface area contributed by atoms with Crippen LogP contribution in [-0.4, -0.2) is 101 Å². The fourth-order valence-corrected chi connectivity index (χ4v) is 12.2. The molecule has 6 atom stereocenters. The molecule has 12 rings (SSSR count). The molecular formula is C43H46Cl4N16O2. The highest BCUT2D eigenvalue weighted by molar-refractivity contribution is 6.44. The second-order valence-electron chi connectivity index (χ2n) is 18.1. The van der Waals surface area contributed by atoms with Crippen LogP contribution < -0.4 is 32.0 Å². The summed E-state index contributed by atoms with van der Waals surface area (Å²) in [6, 6.07) is 9.45. The minimum Gasteiger partial charge on any atom is -0.335 e. The minimum absolute atomic E-state index is 0.107. The van der Waals surface area contributed by atoms with Gasteiger partial charge in [-0.3, -0.25) is 38.3 Å². The molecule has 4 fully saturated rings. The smallest absolute Gasteiger partial charge is 0.266 e. The van der Waals surface area contributed by atoms with Crippen molar-refractivity contribution in [2.45, 2.75) is 94.7 Å². The monoisotopic (exact) mass is 958 g/mol. The molecule has 0 aliphatic carbocycles. The molecule has 0 saturated carbocycles. The van der Waals surface area contributed by atoms with E-state index in [1.807, 2.05) is 24.3 Å².